The molecule has 1 aliphatic rings. The zero-order valence-electron chi connectivity index (χ0n) is 11.5. The van der Waals surface area contributed by atoms with Gasteiger partial charge in [-0.3, -0.25) is 10.1 Å². The predicted octanol–water partition coefficient (Wildman–Crippen LogP) is 1.80. The molecule has 0 bridgehead atoms. The maximum atomic E-state index is 11.8. The highest BCUT2D eigenvalue weighted by atomic mass is 32.1. The maximum Gasteiger partial charge on any atom is 0.250 e. The summed E-state index contributed by atoms with van der Waals surface area (Å²) in [6.07, 6.45) is 3.33. The van der Waals surface area contributed by atoms with Gasteiger partial charge in [0.25, 0.3) is 0 Å². The smallest absolute Gasteiger partial charge is 0.250 e. The average Bonchev–Trinajstić information content (AvgIpc) is 2.98. The minimum absolute atomic E-state index is 0.165. The number of hydrogen-bond acceptors (Lipinski definition) is 4. The summed E-state index contributed by atoms with van der Waals surface area (Å²) in [5, 5.41) is 5.27. The predicted molar refractivity (Wildman–Crippen MR) is 87.8 cm³/mol. The Kier molecular flexibility index (Phi) is 5.70. The van der Waals surface area contributed by atoms with Gasteiger partial charge in [-0.1, -0.05) is 13.0 Å². The van der Waals surface area contributed by atoms with Crippen LogP contribution in [0.15, 0.2) is 23.6 Å². The van der Waals surface area contributed by atoms with Crippen LogP contribution in [0.2, 0.25) is 0 Å². The maximum absolute atomic E-state index is 11.8. The molecule has 108 valence electrons. The second-order valence-corrected chi connectivity index (χ2v) is 5.93. The molecule has 20 heavy (non-hydrogen) atoms. The third kappa shape index (κ3) is 4.40. The number of carbonyl (C=O) groups excluding carboxylic acids is 1. The Bertz CT molecular complexity index is 477. The molecular formula is C14H19N3OS2. The Morgan fingerprint density at radius 3 is 2.80 bits per heavy atom. The molecule has 1 aliphatic heterocycles. The second kappa shape index (κ2) is 7.52. The van der Waals surface area contributed by atoms with Gasteiger partial charge in [0.1, 0.15) is 0 Å². The van der Waals surface area contributed by atoms with E-state index in [0.717, 1.165) is 37.6 Å². The van der Waals surface area contributed by atoms with E-state index in [1.807, 2.05) is 17.5 Å². The third-order valence-electron chi connectivity index (χ3n) is 3.28. The quantitative estimate of drug-likeness (QED) is 0.682. The van der Waals surface area contributed by atoms with E-state index in [1.54, 1.807) is 17.4 Å². The molecular weight excluding hydrogens is 290 g/mol. The fraction of sp³-hybridized carbons (Fsp3) is 0.429. The van der Waals surface area contributed by atoms with Gasteiger partial charge in [0, 0.05) is 37.1 Å². The zero-order valence-corrected chi connectivity index (χ0v) is 13.2. The Labute approximate surface area is 129 Å². The Hall–Kier alpha value is -1.24. The summed E-state index contributed by atoms with van der Waals surface area (Å²) in [5.74, 6) is -0.165. The minimum atomic E-state index is -0.165. The number of thiophene rings is 1. The monoisotopic (exact) mass is 309 g/mol. The van der Waals surface area contributed by atoms with Gasteiger partial charge in [-0.2, -0.15) is 0 Å². The van der Waals surface area contributed by atoms with Crippen LogP contribution in [-0.2, 0) is 4.79 Å². The molecule has 1 fully saturated rings. The molecule has 0 unspecified atom stereocenters. The average molecular weight is 309 g/mol. The molecule has 1 aromatic heterocycles. The van der Waals surface area contributed by atoms with E-state index in [9.17, 15) is 4.79 Å². The van der Waals surface area contributed by atoms with Crippen LogP contribution < -0.4 is 5.32 Å². The van der Waals surface area contributed by atoms with E-state index in [4.69, 9.17) is 12.2 Å². The van der Waals surface area contributed by atoms with Crippen LogP contribution in [0.5, 0.6) is 0 Å². The fourth-order valence-electron chi connectivity index (χ4n) is 2.04. The Morgan fingerprint density at radius 2 is 2.20 bits per heavy atom. The number of carbonyl (C=O) groups is 1. The van der Waals surface area contributed by atoms with Crippen molar-refractivity contribution in [2.24, 2.45) is 0 Å². The summed E-state index contributed by atoms with van der Waals surface area (Å²) in [7, 11) is 0. The van der Waals surface area contributed by atoms with Crippen molar-refractivity contribution in [2.75, 3.05) is 32.7 Å². The number of amides is 1. The topological polar surface area (TPSA) is 35.6 Å². The zero-order chi connectivity index (χ0) is 14.4. The summed E-state index contributed by atoms with van der Waals surface area (Å²) in [6.45, 7) is 6.97. The lowest BCUT2D eigenvalue weighted by Gasteiger charge is -2.35. The molecule has 0 aliphatic carbocycles. The van der Waals surface area contributed by atoms with E-state index < -0.39 is 0 Å². The number of nitrogens with zero attached hydrogens (tertiary/aromatic N) is 2. The highest BCUT2D eigenvalue weighted by molar-refractivity contribution is 7.80. The van der Waals surface area contributed by atoms with Crippen LogP contribution >= 0.6 is 23.6 Å². The van der Waals surface area contributed by atoms with Crippen molar-refractivity contribution in [3.63, 3.8) is 0 Å². The van der Waals surface area contributed by atoms with Gasteiger partial charge in [-0.05, 0) is 36.3 Å². The van der Waals surface area contributed by atoms with E-state index in [1.165, 1.54) is 6.08 Å². The first kappa shape index (κ1) is 15.2. The van der Waals surface area contributed by atoms with E-state index >= 15 is 0 Å². The summed E-state index contributed by atoms with van der Waals surface area (Å²) in [6, 6.07) is 3.93. The van der Waals surface area contributed by atoms with Crippen LogP contribution in [0.4, 0.5) is 0 Å². The first-order valence-electron chi connectivity index (χ1n) is 6.73. The molecule has 2 rings (SSSR count). The van der Waals surface area contributed by atoms with Crippen LogP contribution in [0.3, 0.4) is 0 Å². The van der Waals surface area contributed by atoms with Crippen molar-refractivity contribution in [3.8, 4) is 0 Å². The highest BCUT2D eigenvalue weighted by Crippen LogP contribution is 2.09. The Balaban J connectivity index is 1.78. The molecule has 0 saturated carbocycles. The van der Waals surface area contributed by atoms with Crippen molar-refractivity contribution in [3.05, 3.63) is 28.5 Å². The van der Waals surface area contributed by atoms with Gasteiger partial charge >= 0.3 is 0 Å². The molecule has 1 N–H and O–H groups in total. The fourth-order valence-corrected chi connectivity index (χ4v) is 2.94. The third-order valence-corrected chi connectivity index (χ3v) is 4.48. The van der Waals surface area contributed by atoms with Gasteiger partial charge in [-0.15, -0.1) is 11.3 Å². The number of nitrogens with one attached hydrogen (secondary N) is 1. The van der Waals surface area contributed by atoms with Gasteiger partial charge in [0.2, 0.25) is 5.91 Å². The Morgan fingerprint density at radius 1 is 1.45 bits per heavy atom. The largest absolute Gasteiger partial charge is 0.346 e. The summed E-state index contributed by atoms with van der Waals surface area (Å²) < 4.78 is 0. The van der Waals surface area contributed by atoms with Crippen LogP contribution in [0, 0.1) is 0 Å². The van der Waals surface area contributed by atoms with E-state index in [-0.39, 0.29) is 5.91 Å². The first-order valence-corrected chi connectivity index (χ1v) is 8.01. The molecule has 6 heteroatoms. The van der Waals surface area contributed by atoms with Gasteiger partial charge in [0.05, 0.1) is 0 Å². The summed E-state index contributed by atoms with van der Waals surface area (Å²) >= 11 is 6.88. The van der Waals surface area contributed by atoms with Gasteiger partial charge in [-0.25, -0.2) is 0 Å². The summed E-state index contributed by atoms with van der Waals surface area (Å²) in [4.78, 5) is 17.3. The molecule has 2 heterocycles. The van der Waals surface area contributed by atoms with Crippen molar-refractivity contribution >= 4 is 40.7 Å². The van der Waals surface area contributed by atoms with Crippen molar-refractivity contribution < 1.29 is 4.79 Å². The molecule has 1 saturated heterocycles. The molecule has 1 amide bonds. The minimum Gasteiger partial charge on any atom is -0.346 e. The molecule has 0 atom stereocenters. The number of hydrogen-bond donors (Lipinski definition) is 1. The molecule has 0 spiro atoms. The van der Waals surface area contributed by atoms with Crippen LogP contribution in [-0.4, -0.2) is 53.5 Å². The van der Waals surface area contributed by atoms with Crippen molar-refractivity contribution in [1.29, 1.82) is 0 Å². The number of likely N-dealkylation sites (N-methyl/N-ethyl adjacent to an activating group) is 1. The van der Waals surface area contributed by atoms with Crippen molar-refractivity contribution in [1.82, 2.24) is 15.1 Å². The molecule has 1 aromatic rings. The molecule has 4 nitrogen and oxygen atoms in total. The van der Waals surface area contributed by atoms with E-state index in [2.05, 4.69) is 22.0 Å². The number of thiocarbonyl (C=S) groups is 1. The van der Waals surface area contributed by atoms with Gasteiger partial charge in [0.15, 0.2) is 5.11 Å². The first-order chi connectivity index (χ1) is 9.69. The normalized spacial score (nSPS) is 16.6. The van der Waals surface area contributed by atoms with Crippen LogP contribution in [0.25, 0.3) is 6.08 Å². The lowest BCUT2D eigenvalue weighted by Crippen LogP contribution is -2.52. The molecule has 0 aromatic carbocycles. The lowest BCUT2D eigenvalue weighted by molar-refractivity contribution is -0.115. The standard InChI is InChI=1S/C14H19N3OS2/c1-2-16-7-9-17(10-8-16)14(19)15-13(18)6-5-12-4-3-11-20-12/h3-6,11H,2,7-10H2,1H3,(H,15,18,19)/b6-5+. The SMILES string of the molecule is CCN1CCN(C(=S)NC(=O)/C=C/c2cccs2)CC1. The number of rotatable bonds is 3. The molecule has 0 radical (unpaired) electrons. The van der Waals surface area contributed by atoms with Gasteiger partial charge < -0.3 is 9.80 Å². The van der Waals surface area contributed by atoms with Crippen molar-refractivity contribution in [2.45, 2.75) is 6.92 Å². The second-order valence-electron chi connectivity index (χ2n) is 4.56. The van der Waals surface area contributed by atoms with E-state index in [0.29, 0.717) is 5.11 Å². The highest BCUT2D eigenvalue weighted by Gasteiger charge is 2.18. The number of piperazine rings is 1. The summed E-state index contributed by atoms with van der Waals surface area (Å²) in [5.41, 5.74) is 0. The lowest BCUT2D eigenvalue weighted by atomic mass is 10.3. The van der Waals surface area contributed by atoms with Crippen LogP contribution in [0.1, 0.15) is 11.8 Å².